The van der Waals surface area contributed by atoms with Crippen LogP contribution in [0.15, 0.2) is 48.6 Å². The summed E-state index contributed by atoms with van der Waals surface area (Å²) >= 11 is 0. The van der Waals surface area contributed by atoms with Crippen molar-refractivity contribution >= 4 is 13.8 Å². The van der Waals surface area contributed by atoms with E-state index in [-0.39, 0.29) is 25.8 Å². The molecule has 0 radical (unpaired) electrons. The molecule has 0 bridgehead atoms. The Morgan fingerprint density at radius 2 is 1.00 bits per heavy atom. The molecule has 56 heavy (non-hydrogen) atoms. The number of rotatable bonds is 42. The van der Waals surface area contributed by atoms with Crippen molar-refractivity contribution in [3.63, 3.8) is 0 Å². The Labute approximate surface area is 346 Å². The summed E-state index contributed by atoms with van der Waals surface area (Å²) in [5.74, 6) is -0.329. The van der Waals surface area contributed by atoms with Gasteiger partial charge < -0.3 is 18.9 Å². The SMILES string of the molecule is CCCC/C=C\C/C=C\CCCCCCCC(=O)OC(COCCCCCCCCCCCC/C=C\C/C=C\CCCCC)COP(=O)(O)OCC[N+](C)(C)C. The van der Waals surface area contributed by atoms with Gasteiger partial charge in [-0.15, -0.1) is 0 Å². The monoisotopic (exact) mass is 811 g/mol. The highest BCUT2D eigenvalue weighted by molar-refractivity contribution is 7.47. The van der Waals surface area contributed by atoms with E-state index < -0.39 is 13.9 Å². The standard InChI is InChI=1S/C47H88NO7P/c1-6-8-10-12-14-16-18-20-22-23-24-25-26-27-29-31-33-35-37-39-42-52-44-46(45-54-56(50,51)53-43-41-48(3,4)5)55-47(49)40-38-36-34-32-30-28-21-19-17-15-13-11-9-7-2/h13-16,19-22,46H,6-12,17-18,23-45H2,1-5H3/p+1/b15-13-,16-14-,21-19-,22-20-. The van der Waals surface area contributed by atoms with E-state index in [1.165, 1.54) is 103 Å². The fraction of sp³-hybridized carbons (Fsp3) is 0.809. The predicted molar refractivity (Wildman–Crippen MR) is 238 cm³/mol. The molecule has 0 aliphatic rings. The minimum atomic E-state index is -4.28. The fourth-order valence-electron chi connectivity index (χ4n) is 6.01. The lowest BCUT2D eigenvalue weighted by Crippen LogP contribution is -2.37. The van der Waals surface area contributed by atoms with Gasteiger partial charge in [-0.05, 0) is 70.6 Å². The average Bonchev–Trinajstić information content (AvgIpc) is 3.15. The smallest absolute Gasteiger partial charge is 0.457 e. The molecule has 0 aliphatic carbocycles. The van der Waals surface area contributed by atoms with Crippen LogP contribution in [-0.2, 0) is 27.9 Å². The van der Waals surface area contributed by atoms with E-state index >= 15 is 0 Å². The van der Waals surface area contributed by atoms with Crippen molar-refractivity contribution < 1.29 is 37.3 Å². The molecule has 1 N–H and O–H groups in total. The second-order valence-electron chi connectivity index (χ2n) is 16.4. The van der Waals surface area contributed by atoms with Gasteiger partial charge in [-0.25, -0.2) is 4.57 Å². The molecule has 0 saturated carbocycles. The van der Waals surface area contributed by atoms with E-state index in [4.69, 9.17) is 18.5 Å². The number of nitrogens with zero attached hydrogens (tertiary/aromatic N) is 1. The first kappa shape index (κ1) is 54.5. The third kappa shape index (κ3) is 43.6. The second kappa shape index (κ2) is 40.2. The molecule has 0 aliphatic heterocycles. The summed E-state index contributed by atoms with van der Waals surface area (Å²) in [5, 5.41) is 0. The van der Waals surface area contributed by atoms with Gasteiger partial charge in [-0.1, -0.05) is 159 Å². The fourth-order valence-corrected chi connectivity index (χ4v) is 6.75. The van der Waals surface area contributed by atoms with Gasteiger partial charge in [-0.3, -0.25) is 13.8 Å². The number of quaternary nitrogens is 1. The summed E-state index contributed by atoms with van der Waals surface area (Å²) in [7, 11) is 1.65. The molecule has 328 valence electrons. The number of likely N-dealkylation sites (N-methyl/N-ethyl adjacent to an activating group) is 1. The number of unbranched alkanes of at least 4 members (excludes halogenated alkanes) is 20. The number of esters is 1. The highest BCUT2D eigenvalue weighted by Gasteiger charge is 2.26. The number of ether oxygens (including phenoxy) is 2. The van der Waals surface area contributed by atoms with E-state index in [2.05, 4.69) is 62.5 Å². The minimum Gasteiger partial charge on any atom is -0.457 e. The number of phosphoric acid groups is 1. The summed E-state index contributed by atoms with van der Waals surface area (Å²) in [6.45, 7) is 5.53. The zero-order valence-electron chi connectivity index (χ0n) is 37.1. The Kier molecular flexibility index (Phi) is 39.1. The van der Waals surface area contributed by atoms with Crippen LogP contribution in [0.25, 0.3) is 0 Å². The van der Waals surface area contributed by atoms with E-state index in [0.29, 0.717) is 24.1 Å². The lowest BCUT2D eigenvalue weighted by atomic mass is 10.1. The molecule has 0 amide bonds. The van der Waals surface area contributed by atoms with Crippen molar-refractivity contribution in [1.82, 2.24) is 0 Å². The van der Waals surface area contributed by atoms with Crippen LogP contribution in [0.1, 0.15) is 187 Å². The summed E-state index contributed by atoms with van der Waals surface area (Å²) in [4.78, 5) is 22.9. The molecule has 2 unspecified atom stereocenters. The van der Waals surface area contributed by atoms with Gasteiger partial charge in [-0.2, -0.15) is 0 Å². The van der Waals surface area contributed by atoms with E-state index in [9.17, 15) is 14.3 Å². The third-order valence-electron chi connectivity index (χ3n) is 9.61. The molecular formula is C47H89NO7P+. The summed E-state index contributed by atoms with van der Waals surface area (Å²) in [6, 6.07) is 0. The van der Waals surface area contributed by atoms with Gasteiger partial charge in [0.05, 0.1) is 34.4 Å². The Morgan fingerprint density at radius 3 is 1.50 bits per heavy atom. The van der Waals surface area contributed by atoms with Gasteiger partial charge in [0.25, 0.3) is 0 Å². The van der Waals surface area contributed by atoms with Crippen molar-refractivity contribution in [2.75, 3.05) is 54.1 Å². The molecule has 0 spiro atoms. The predicted octanol–water partition coefficient (Wildman–Crippen LogP) is 13.6. The van der Waals surface area contributed by atoms with Crippen molar-refractivity contribution in [2.45, 2.75) is 193 Å². The molecule has 0 heterocycles. The topological polar surface area (TPSA) is 91.3 Å². The normalized spacial score (nSPS) is 14.2. The van der Waals surface area contributed by atoms with Crippen molar-refractivity contribution in [2.24, 2.45) is 0 Å². The Hall–Kier alpha value is -1.54. The summed E-state index contributed by atoms with van der Waals surface area (Å²) in [6.07, 6.45) is 48.6. The number of carbonyl (C=O) groups excluding carboxylic acids is 1. The number of carbonyl (C=O) groups is 1. The second-order valence-corrected chi connectivity index (χ2v) is 17.9. The van der Waals surface area contributed by atoms with E-state index in [1.807, 2.05) is 21.1 Å². The quantitative estimate of drug-likeness (QED) is 0.0216. The number of hydrogen-bond donors (Lipinski definition) is 1. The highest BCUT2D eigenvalue weighted by atomic mass is 31.2. The lowest BCUT2D eigenvalue weighted by molar-refractivity contribution is -0.870. The molecule has 9 heteroatoms. The molecular weight excluding hydrogens is 721 g/mol. The maximum absolute atomic E-state index is 12.7. The summed E-state index contributed by atoms with van der Waals surface area (Å²) in [5.41, 5.74) is 0. The first-order valence-corrected chi connectivity index (χ1v) is 24.4. The molecule has 0 fully saturated rings. The van der Waals surface area contributed by atoms with Crippen molar-refractivity contribution in [3.05, 3.63) is 48.6 Å². The molecule has 2 atom stereocenters. The Morgan fingerprint density at radius 1 is 0.554 bits per heavy atom. The Bertz CT molecular complexity index is 1040. The lowest BCUT2D eigenvalue weighted by Gasteiger charge is -2.24. The van der Waals surface area contributed by atoms with Crippen LogP contribution >= 0.6 is 7.82 Å². The first-order valence-electron chi connectivity index (χ1n) is 22.9. The largest absolute Gasteiger partial charge is 0.472 e. The van der Waals surface area contributed by atoms with Crippen LogP contribution in [0.4, 0.5) is 0 Å². The Balaban J connectivity index is 4.21. The van der Waals surface area contributed by atoms with Crippen molar-refractivity contribution in [1.29, 1.82) is 0 Å². The van der Waals surface area contributed by atoms with Gasteiger partial charge in [0.1, 0.15) is 19.3 Å². The van der Waals surface area contributed by atoms with Gasteiger partial charge in [0.2, 0.25) is 0 Å². The van der Waals surface area contributed by atoms with Crippen LogP contribution in [0.2, 0.25) is 0 Å². The van der Waals surface area contributed by atoms with Crippen LogP contribution in [-0.4, -0.2) is 75.6 Å². The molecule has 8 nitrogen and oxygen atoms in total. The average molecular weight is 811 g/mol. The molecule has 0 rings (SSSR count). The number of hydrogen-bond acceptors (Lipinski definition) is 6. The zero-order chi connectivity index (χ0) is 41.3. The number of allylic oxidation sites excluding steroid dienone is 8. The van der Waals surface area contributed by atoms with E-state index in [1.54, 1.807) is 0 Å². The van der Waals surface area contributed by atoms with Crippen molar-refractivity contribution in [3.8, 4) is 0 Å². The van der Waals surface area contributed by atoms with E-state index in [0.717, 1.165) is 64.2 Å². The molecule has 0 aromatic rings. The minimum absolute atomic E-state index is 0.0839. The third-order valence-corrected chi connectivity index (χ3v) is 10.6. The number of phosphoric ester groups is 1. The maximum atomic E-state index is 12.7. The molecule has 0 aromatic heterocycles. The maximum Gasteiger partial charge on any atom is 0.472 e. The first-order chi connectivity index (χ1) is 27.1. The van der Waals surface area contributed by atoms with Crippen LogP contribution in [0, 0.1) is 0 Å². The van der Waals surface area contributed by atoms with Crippen LogP contribution < -0.4 is 0 Å². The van der Waals surface area contributed by atoms with Gasteiger partial charge in [0, 0.05) is 13.0 Å². The van der Waals surface area contributed by atoms with Crippen LogP contribution in [0.3, 0.4) is 0 Å². The molecule has 0 aromatic carbocycles. The zero-order valence-corrected chi connectivity index (χ0v) is 38.0. The van der Waals surface area contributed by atoms with Gasteiger partial charge in [0.15, 0.2) is 0 Å². The van der Waals surface area contributed by atoms with Gasteiger partial charge >= 0.3 is 13.8 Å². The molecule has 0 saturated heterocycles. The highest BCUT2D eigenvalue weighted by Crippen LogP contribution is 2.43. The van der Waals surface area contributed by atoms with Crippen LogP contribution in [0.5, 0.6) is 0 Å². The summed E-state index contributed by atoms with van der Waals surface area (Å²) < 4.78 is 35.0.